The van der Waals surface area contributed by atoms with Gasteiger partial charge in [0.2, 0.25) is 12.4 Å². The van der Waals surface area contributed by atoms with Gasteiger partial charge in [-0.15, -0.1) is 0 Å². The molecule has 1 heterocycles. The second-order valence-corrected chi connectivity index (χ2v) is 6.06. The lowest BCUT2D eigenvalue weighted by Crippen LogP contribution is -2.66. The molecule has 30 heavy (non-hydrogen) atoms. The molecule has 16 heteroatoms. The Bertz CT molecular complexity index is 744. The van der Waals surface area contributed by atoms with Gasteiger partial charge in [0.15, 0.2) is 12.2 Å². The Morgan fingerprint density at radius 1 is 0.967 bits per heavy atom. The highest BCUT2D eigenvalue weighted by Crippen LogP contribution is 2.36. The highest BCUT2D eigenvalue weighted by atomic mass is 19.4. The van der Waals surface area contributed by atoms with Crippen molar-refractivity contribution >= 4 is 31.1 Å². The number of halogens is 3. The Labute approximate surface area is 167 Å². The predicted molar refractivity (Wildman–Crippen MR) is 90.2 cm³/mol. The molecule has 5 unspecified atom stereocenters. The number of hydrogen-bond donors (Lipinski definition) is 0. The van der Waals surface area contributed by atoms with Crippen LogP contribution in [0.25, 0.3) is 10.4 Å². The fourth-order valence-electron chi connectivity index (χ4n) is 2.83. The van der Waals surface area contributed by atoms with E-state index in [2.05, 4.69) is 10.0 Å². The van der Waals surface area contributed by atoms with Gasteiger partial charge in [0, 0.05) is 30.5 Å². The quantitative estimate of drug-likeness (QED) is 0.109. The first-order valence-electron chi connectivity index (χ1n) is 8.40. The largest absolute Gasteiger partial charge is 0.789 e. The molecule has 0 N–H and O–H groups in total. The molecule has 1 saturated heterocycles. The summed E-state index contributed by atoms with van der Waals surface area (Å²) in [6.07, 6.45) is -9.46. The number of hydrogen-bond acceptors (Lipinski definition) is 9. The number of ether oxygens (including phenoxy) is 4. The molecule has 0 spiro atoms. The zero-order valence-electron chi connectivity index (χ0n) is 16.3. The second-order valence-electron chi connectivity index (χ2n) is 6.06. The van der Waals surface area contributed by atoms with Crippen molar-refractivity contribution in [1.82, 2.24) is 0 Å². The molecule has 0 aromatic carbocycles. The number of rotatable bonds is 7. The van der Waals surface area contributed by atoms with Crippen LogP contribution in [-0.4, -0.2) is 68.3 Å². The fraction of sp³-hybridized carbons (Fsp3) is 0.714. The lowest BCUT2D eigenvalue weighted by Gasteiger charge is -2.50. The maximum absolute atomic E-state index is 13.6. The van der Waals surface area contributed by atoms with Crippen molar-refractivity contribution in [2.24, 2.45) is 5.11 Å². The molecule has 1 rings (SSSR count). The first-order valence-corrected chi connectivity index (χ1v) is 8.40. The molecular formula is C14H19BF3N3O9. The third-order valence-corrected chi connectivity index (χ3v) is 3.69. The van der Waals surface area contributed by atoms with Gasteiger partial charge >= 0.3 is 31.1 Å². The minimum atomic E-state index is -6.09. The van der Waals surface area contributed by atoms with E-state index in [0.29, 0.717) is 11.2 Å². The van der Waals surface area contributed by atoms with Crippen molar-refractivity contribution in [3.63, 3.8) is 0 Å². The van der Waals surface area contributed by atoms with Gasteiger partial charge in [-0.1, -0.05) is 5.11 Å². The maximum atomic E-state index is 13.6. The lowest BCUT2D eigenvalue weighted by atomic mass is 9.97. The van der Waals surface area contributed by atoms with Crippen LogP contribution in [0.1, 0.15) is 27.7 Å². The molecular weight excluding hydrogens is 422 g/mol. The van der Waals surface area contributed by atoms with Crippen LogP contribution in [0.5, 0.6) is 0 Å². The van der Waals surface area contributed by atoms with Crippen molar-refractivity contribution < 1.29 is 55.4 Å². The van der Waals surface area contributed by atoms with Crippen LogP contribution in [0.2, 0.25) is 0 Å². The molecule has 1 aliphatic heterocycles. The van der Waals surface area contributed by atoms with Gasteiger partial charge in [0.25, 0.3) is 0 Å². The Morgan fingerprint density at radius 2 is 1.43 bits per heavy atom. The van der Waals surface area contributed by atoms with Gasteiger partial charge < -0.3 is 36.2 Å². The molecule has 0 bridgehead atoms. The number of azide groups is 1. The zero-order valence-corrected chi connectivity index (χ0v) is 16.3. The molecule has 1 aliphatic rings. The summed E-state index contributed by atoms with van der Waals surface area (Å²) in [7, 11) is -6.09. The summed E-state index contributed by atoms with van der Waals surface area (Å²) in [6.45, 7) is 2.63. The topological polar surface area (TPSA) is 157 Å². The highest BCUT2D eigenvalue weighted by Gasteiger charge is 2.59. The third kappa shape index (κ3) is 6.52. The van der Waals surface area contributed by atoms with E-state index in [0.717, 1.165) is 20.8 Å². The summed E-state index contributed by atoms with van der Waals surface area (Å²) in [6, 6.07) is 0. The van der Waals surface area contributed by atoms with E-state index in [-0.39, 0.29) is 0 Å². The van der Waals surface area contributed by atoms with Gasteiger partial charge in [-0.3, -0.25) is 14.4 Å². The molecule has 0 aromatic heterocycles. The SMILES string of the molecule is CC(=O)OC1C(CN=[N+]=[N-])OC([O+](C(C)=O)[B-](F)(F)F)C(OC(C)=O)C1OC(C)=O. The zero-order chi connectivity index (χ0) is 23.2. The maximum Gasteiger partial charge on any atom is 0.789 e. The third-order valence-electron chi connectivity index (χ3n) is 3.69. The molecule has 0 saturated carbocycles. The molecule has 0 radical (unpaired) electrons. The summed E-state index contributed by atoms with van der Waals surface area (Å²) in [5, 5.41) is 3.18. The number of carbonyl (C=O) groups excluding carboxylic acids is 4. The Balaban J connectivity index is 3.62. The summed E-state index contributed by atoms with van der Waals surface area (Å²) in [5.74, 6) is -4.64. The average molecular weight is 441 g/mol. The van der Waals surface area contributed by atoms with Crippen LogP contribution in [-0.2, 0) is 42.4 Å². The van der Waals surface area contributed by atoms with E-state index in [9.17, 15) is 32.1 Å². The van der Waals surface area contributed by atoms with Crippen LogP contribution >= 0.6 is 0 Å². The van der Waals surface area contributed by atoms with Gasteiger partial charge in [-0.25, -0.2) is 0 Å². The first-order chi connectivity index (χ1) is 13.8. The van der Waals surface area contributed by atoms with Crippen molar-refractivity contribution in [1.29, 1.82) is 0 Å². The van der Waals surface area contributed by atoms with E-state index in [1.54, 1.807) is 0 Å². The average Bonchev–Trinajstić information content (AvgIpc) is 2.55. The van der Waals surface area contributed by atoms with Crippen LogP contribution in [0.4, 0.5) is 12.9 Å². The Kier molecular flexibility index (Phi) is 8.48. The minimum absolute atomic E-state index is 0.434. The van der Waals surface area contributed by atoms with E-state index in [4.69, 9.17) is 24.5 Å². The molecule has 0 aliphatic carbocycles. The summed E-state index contributed by atoms with van der Waals surface area (Å²) in [5.41, 5.74) is 8.53. The molecule has 1 fully saturated rings. The number of nitrogens with zero attached hydrogens (tertiary/aromatic N) is 3. The van der Waals surface area contributed by atoms with E-state index in [1.807, 2.05) is 0 Å². The van der Waals surface area contributed by atoms with Crippen molar-refractivity contribution in [3.8, 4) is 0 Å². The minimum Gasteiger partial charge on any atom is -0.661 e. The molecule has 12 nitrogen and oxygen atoms in total. The van der Waals surface area contributed by atoms with E-state index in [1.165, 1.54) is 0 Å². The first kappa shape index (κ1) is 25.0. The fourth-order valence-corrected chi connectivity index (χ4v) is 2.83. The smallest absolute Gasteiger partial charge is 0.661 e. The van der Waals surface area contributed by atoms with Gasteiger partial charge in [0.05, 0.1) is 13.5 Å². The molecule has 0 amide bonds. The van der Waals surface area contributed by atoms with E-state index >= 15 is 0 Å². The van der Waals surface area contributed by atoms with Crippen LogP contribution in [0.3, 0.4) is 0 Å². The summed E-state index contributed by atoms with van der Waals surface area (Å²) in [4.78, 5) is 48.8. The number of carbonyl (C=O) groups is 4. The summed E-state index contributed by atoms with van der Waals surface area (Å²) < 4.78 is 61.2. The predicted octanol–water partition coefficient (Wildman–Crippen LogP) is 1.26. The van der Waals surface area contributed by atoms with Gasteiger partial charge in [-0.05, 0) is 5.53 Å². The van der Waals surface area contributed by atoms with Crippen molar-refractivity contribution in [2.45, 2.75) is 58.4 Å². The Hall–Kier alpha value is -3.00. The molecule has 5 atom stereocenters. The van der Waals surface area contributed by atoms with E-state index < -0.39 is 68.3 Å². The van der Waals surface area contributed by atoms with Crippen LogP contribution in [0, 0.1) is 0 Å². The standard InChI is InChI=1S/C14H19BF3N3O9/c1-6(22)26-11-10(5-20-21-19)29-14(30(9(4)25)15(16,17)18)13(28-8(3)24)12(11)27-7(2)23/h10-14H,5H2,1-4H3. The van der Waals surface area contributed by atoms with Crippen molar-refractivity contribution in [3.05, 3.63) is 10.4 Å². The second kappa shape index (κ2) is 10.2. The summed E-state index contributed by atoms with van der Waals surface area (Å²) >= 11 is 0. The monoisotopic (exact) mass is 441 g/mol. The number of esters is 3. The van der Waals surface area contributed by atoms with Crippen LogP contribution < -0.4 is 0 Å². The lowest BCUT2D eigenvalue weighted by molar-refractivity contribution is -0.326. The highest BCUT2D eigenvalue weighted by molar-refractivity contribution is 6.54. The molecule has 0 aromatic rings. The van der Waals surface area contributed by atoms with Gasteiger partial charge in [0.1, 0.15) is 6.10 Å². The normalized spacial score (nSPS) is 26.0. The van der Waals surface area contributed by atoms with Crippen LogP contribution in [0.15, 0.2) is 5.11 Å². The Morgan fingerprint density at radius 3 is 1.83 bits per heavy atom. The molecule has 168 valence electrons. The van der Waals surface area contributed by atoms with Crippen molar-refractivity contribution in [2.75, 3.05) is 6.54 Å². The van der Waals surface area contributed by atoms with Gasteiger partial charge in [-0.2, -0.15) is 0 Å².